The fourth-order valence-electron chi connectivity index (χ4n) is 1.80. The minimum absolute atomic E-state index is 0.193. The van der Waals surface area contributed by atoms with E-state index in [1.165, 1.54) is 9.13 Å². The maximum Gasteiger partial charge on any atom is 0.0333 e. The summed E-state index contributed by atoms with van der Waals surface area (Å²) >= 11 is 2.36. The van der Waals surface area contributed by atoms with Crippen molar-refractivity contribution in [1.82, 2.24) is 0 Å². The highest BCUT2D eigenvalue weighted by Gasteiger charge is 2.17. The van der Waals surface area contributed by atoms with Gasteiger partial charge in [-0.1, -0.05) is 44.9 Å². The summed E-state index contributed by atoms with van der Waals surface area (Å²) in [5.41, 5.74) is 7.55. The van der Waals surface area contributed by atoms with Crippen molar-refractivity contribution in [3.05, 3.63) is 33.4 Å². The molecule has 1 aromatic rings. The first-order valence-corrected chi connectivity index (χ1v) is 6.28. The molecule has 0 amide bonds. The lowest BCUT2D eigenvalue weighted by atomic mass is 9.90. The fourth-order valence-corrected chi connectivity index (χ4v) is 2.54. The van der Waals surface area contributed by atoms with E-state index in [4.69, 9.17) is 5.73 Å². The number of benzene rings is 1. The molecule has 14 heavy (non-hydrogen) atoms. The lowest BCUT2D eigenvalue weighted by Crippen LogP contribution is -2.21. The average Bonchev–Trinajstić information content (AvgIpc) is 2.20. The molecule has 2 N–H and O–H groups in total. The summed E-state index contributed by atoms with van der Waals surface area (Å²) in [5, 5.41) is 0. The van der Waals surface area contributed by atoms with Crippen molar-refractivity contribution in [3.63, 3.8) is 0 Å². The second-order valence-corrected chi connectivity index (χ2v) is 4.79. The lowest BCUT2D eigenvalue weighted by molar-refractivity contribution is 0.404. The zero-order valence-corrected chi connectivity index (χ0v) is 11.0. The Hall–Kier alpha value is -0.0900. The Bertz CT molecular complexity index is 281. The van der Waals surface area contributed by atoms with Crippen LogP contribution in [-0.4, -0.2) is 0 Å². The monoisotopic (exact) mass is 303 g/mol. The second-order valence-electron chi connectivity index (χ2n) is 3.62. The predicted molar refractivity (Wildman–Crippen MR) is 70.2 cm³/mol. The normalized spacial score (nSPS) is 13.2. The first-order valence-electron chi connectivity index (χ1n) is 5.20. The molecule has 0 saturated carbocycles. The number of hydrogen-bond donors (Lipinski definition) is 1. The van der Waals surface area contributed by atoms with Gasteiger partial charge < -0.3 is 5.73 Å². The third kappa shape index (κ3) is 2.70. The van der Waals surface area contributed by atoms with Crippen molar-refractivity contribution in [3.8, 4) is 0 Å². The molecule has 0 spiro atoms. The quantitative estimate of drug-likeness (QED) is 0.843. The SMILES string of the molecule is CCC(CC)C(N)c1ccccc1I. The largest absolute Gasteiger partial charge is 0.324 e. The third-order valence-corrected chi connectivity index (χ3v) is 3.80. The van der Waals surface area contributed by atoms with Crippen molar-refractivity contribution >= 4 is 22.6 Å². The Morgan fingerprint density at radius 1 is 1.21 bits per heavy atom. The van der Waals surface area contributed by atoms with E-state index in [-0.39, 0.29) is 6.04 Å². The van der Waals surface area contributed by atoms with Gasteiger partial charge in [-0.2, -0.15) is 0 Å². The Balaban J connectivity index is 2.88. The molecule has 0 radical (unpaired) electrons. The van der Waals surface area contributed by atoms with Gasteiger partial charge in [-0.25, -0.2) is 0 Å². The van der Waals surface area contributed by atoms with Crippen LogP contribution in [-0.2, 0) is 0 Å². The van der Waals surface area contributed by atoms with Gasteiger partial charge in [-0.15, -0.1) is 0 Å². The first kappa shape index (κ1) is 12.0. The molecule has 1 nitrogen and oxygen atoms in total. The molecule has 2 heteroatoms. The molecular weight excluding hydrogens is 285 g/mol. The van der Waals surface area contributed by atoms with Crippen LogP contribution in [0.3, 0.4) is 0 Å². The van der Waals surface area contributed by atoms with Crippen molar-refractivity contribution < 1.29 is 0 Å². The highest BCUT2D eigenvalue weighted by atomic mass is 127. The molecule has 0 heterocycles. The molecule has 0 aliphatic carbocycles. The zero-order valence-electron chi connectivity index (χ0n) is 8.83. The third-order valence-electron chi connectivity index (χ3n) is 2.82. The summed E-state index contributed by atoms with van der Waals surface area (Å²) in [4.78, 5) is 0. The molecular formula is C12H18IN. The van der Waals surface area contributed by atoms with Crippen LogP contribution in [0.4, 0.5) is 0 Å². The van der Waals surface area contributed by atoms with Crippen LogP contribution < -0.4 is 5.73 Å². The number of halogens is 1. The Kier molecular flexibility index (Phi) is 4.89. The summed E-state index contributed by atoms with van der Waals surface area (Å²) in [6.45, 7) is 4.42. The molecule has 0 aliphatic rings. The fraction of sp³-hybridized carbons (Fsp3) is 0.500. The zero-order chi connectivity index (χ0) is 10.6. The molecule has 1 atom stereocenters. The van der Waals surface area contributed by atoms with E-state index in [0.29, 0.717) is 5.92 Å². The van der Waals surface area contributed by atoms with E-state index in [1.807, 2.05) is 0 Å². The minimum atomic E-state index is 0.193. The number of rotatable bonds is 4. The van der Waals surface area contributed by atoms with Gasteiger partial charge in [-0.05, 0) is 40.1 Å². The molecule has 78 valence electrons. The lowest BCUT2D eigenvalue weighted by Gasteiger charge is -2.22. The van der Waals surface area contributed by atoms with Gasteiger partial charge in [0.1, 0.15) is 0 Å². The van der Waals surface area contributed by atoms with Crippen LogP contribution in [0.15, 0.2) is 24.3 Å². The van der Waals surface area contributed by atoms with Crippen LogP contribution in [0.1, 0.15) is 38.3 Å². The number of nitrogens with two attached hydrogens (primary N) is 1. The van der Waals surface area contributed by atoms with Gasteiger partial charge >= 0.3 is 0 Å². The Morgan fingerprint density at radius 3 is 2.29 bits per heavy atom. The van der Waals surface area contributed by atoms with Crippen molar-refractivity contribution in [2.45, 2.75) is 32.7 Å². The Morgan fingerprint density at radius 2 is 1.79 bits per heavy atom. The van der Waals surface area contributed by atoms with Crippen molar-refractivity contribution in [2.24, 2.45) is 11.7 Å². The highest BCUT2D eigenvalue weighted by molar-refractivity contribution is 14.1. The van der Waals surface area contributed by atoms with E-state index in [2.05, 4.69) is 60.7 Å². The van der Waals surface area contributed by atoms with Crippen LogP contribution in [0, 0.1) is 9.49 Å². The topological polar surface area (TPSA) is 26.0 Å². The van der Waals surface area contributed by atoms with Gasteiger partial charge in [0.05, 0.1) is 0 Å². The van der Waals surface area contributed by atoms with E-state index in [1.54, 1.807) is 0 Å². The van der Waals surface area contributed by atoms with Gasteiger partial charge in [0.15, 0.2) is 0 Å². The molecule has 0 aromatic heterocycles. The van der Waals surface area contributed by atoms with Crippen LogP contribution in [0.25, 0.3) is 0 Å². The van der Waals surface area contributed by atoms with E-state index in [0.717, 1.165) is 12.8 Å². The predicted octanol–water partition coefficient (Wildman–Crippen LogP) is 3.73. The van der Waals surface area contributed by atoms with Crippen molar-refractivity contribution in [1.29, 1.82) is 0 Å². The molecule has 0 fully saturated rings. The van der Waals surface area contributed by atoms with Crippen LogP contribution >= 0.6 is 22.6 Å². The van der Waals surface area contributed by atoms with Gasteiger partial charge in [0.2, 0.25) is 0 Å². The maximum atomic E-state index is 6.26. The summed E-state index contributed by atoms with van der Waals surface area (Å²) < 4.78 is 1.28. The van der Waals surface area contributed by atoms with E-state index < -0.39 is 0 Å². The molecule has 1 aromatic carbocycles. The van der Waals surface area contributed by atoms with E-state index in [9.17, 15) is 0 Å². The molecule has 0 bridgehead atoms. The van der Waals surface area contributed by atoms with Gasteiger partial charge in [-0.3, -0.25) is 0 Å². The summed E-state index contributed by atoms with van der Waals surface area (Å²) in [5.74, 6) is 0.603. The maximum absolute atomic E-state index is 6.26. The smallest absolute Gasteiger partial charge is 0.0333 e. The minimum Gasteiger partial charge on any atom is -0.324 e. The standard InChI is InChI=1S/C12H18IN/c1-3-9(4-2)12(14)10-7-5-6-8-11(10)13/h5-9,12H,3-4,14H2,1-2H3. The van der Waals surface area contributed by atoms with Gasteiger partial charge in [0.25, 0.3) is 0 Å². The van der Waals surface area contributed by atoms with E-state index >= 15 is 0 Å². The summed E-state index contributed by atoms with van der Waals surface area (Å²) in [7, 11) is 0. The molecule has 1 unspecified atom stereocenters. The molecule has 0 aliphatic heterocycles. The molecule has 1 rings (SSSR count). The average molecular weight is 303 g/mol. The van der Waals surface area contributed by atoms with Gasteiger partial charge in [0, 0.05) is 9.61 Å². The molecule has 0 saturated heterocycles. The van der Waals surface area contributed by atoms with Crippen molar-refractivity contribution in [2.75, 3.05) is 0 Å². The van der Waals surface area contributed by atoms with Crippen LogP contribution in [0.5, 0.6) is 0 Å². The Labute approximate surface area is 100 Å². The second kappa shape index (κ2) is 5.71. The summed E-state index contributed by atoms with van der Waals surface area (Å²) in [6, 6.07) is 8.59. The summed E-state index contributed by atoms with van der Waals surface area (Å²) in [6.07, 6.45) is 2.31. The number of hydrogen-bond acceptors (Lipinski definition) is 1. The van der Waals surface area contributed by atoms with Crippen LogP contribution in [0.2, 0.25) is 0 Å². The first-order chi connectivity index (χ1) is 6.70. The highest BCUT2D eigenvalue weighted by Crippen LogP contribution is 2.27.